The van der Waals surface area contributed by atoms with E-state index >= 15 is 0 Å². The molecule has 0 bridgehead atoms. The van der Waals surface area contributed by atoms with Crippen molar-refractivity contribution in [3.05, 3.63) is 65.1 Å². The zero-order valence-corrected chi connectivity index (χ0v) is 16.5. The van der Waals surface area contributed by atoms with Gasteiger partial charge in [0.2, 0.25) is 5.89 Å². The van der Waals surface area contributed by atoms with Crippen molar-refractivity contribution in [2.45, 2.75) is 19.3 Å². The molecule has 1 aliphatic heterocycles. The van der Waals surface area contributed by atoms with Crippen LogP contribution in [-0.4, -0.2) is 35.2 Å². The minimum Gasteiger partial charge on any atom is -0.436 e. The molecule has 1 fully saturated rings. The average Bonchev–Trinajstić information content (AvgIpc) is 3.17. The van der Waals surface area contributed by atoms with E-state index in [4.69, 9.17) is 16.0 Å². The van der Waals surface area contributed by atoms with E-state index in [1.54, 1.807) is 30.3 Å². The van der Waals surface area contributed by atoms with Gasteiger partial charge in [-0.3, -0.25) is 9.59 Å². The highest BCUT2D eigenvalue weighted by atomic mass is 35.5. The molecular weight excluding hydrogens is 390 g/mol. The number of nitrogens with zero attached hydrogens (tertiary/aromatic N) is 2. The van der Waals surface area contributed by atoms with Crippen LogP contribution in [0.5, 0.6) is 0 Å². The monoisotopic (exact) mass is 409 g/mol. The summed E-state index contributed by atoms with van der Waals surface area (Å²) in [6, 6.07) is 12.3. The van der Waals surface area contributed by atoms with Crippen molar-refractivity contribution in [2.24, 2.45) is 0 Å². The zero-order chi connectivity index (χ0) is 20.2. The van der Waals surface area contributed by atoms with Crippen molar-refractivity contribution < 1.29 is 14.0 Å². The van der Waals surface area contributed by atoms with Gasteiger partial charge in [0, 0.05) is 35.6 Å². The van der Waals surface area contributed by atoms with Crippen molar-refractivity contribution in [1.29, 1.82) is 0 Å². The Morgan fingerprint density at radius 2 is 1.86 bits per heavy atom. The van der Waals surface area contributed by atoms with Crippen molar-refractivity contribution in [2.75, 3.05) is 18.4 Å². The third kappa shape index (κ3) is 4.32. The van der Waals surface area contributed by atoms with E-state index in [1.165, 1.54) is 12.6 Å². The van der Waals surface area contributed by atoms with Crippen LogP contribution >= 0.6 is 11.6 Å². The Hall–Kier alpha value is -3.12. The standard InChI is InChI=1S/C22H20ClN3O3/c23-17-6-9-20-19(12-17)25-21(29-20)16(14-27)13-24-18-7-4-15(5-8-18)22(28)26-10-2-1-3-11-26/h4-9,12-14,24H,1-3,10-11H2. The Balaban J connectivity index is 1.47. The number of allylic oxidation sites excluding steroid dienone is 1. The fourth-order valence-electron chi connectivity index (χ4n) is 3.32. The molecule has 0 saturated carbocycles. The lowest BCUT2D eigenvalue weighted by Gasteiger charge is -2.26. The number of aromatic nitrogens is 1. The van der Waals surface area contributed by atoms with Gasteiger partial charge in [-0.25, -0.2) is 4.98 Å². The van der Waals surface area contributed by atoms with Gasteiger partial charge in [-0.15, -0.1) is 0 Å². The van der Waals surface area contributed by atoms with Crippen LogP contribution in [0.4, 0.5) is 5.69 Å². The van der Waals surface area contributed by atoms with Crippen molar-refractivity contribution >= 4 is 46.2 Å². The van der Waals surface area contributed by atoms with E-state index in [0.29, 0.717) is 28.0 Å². The second kappa shape index (κ2) is 8.49. The molecule has 0 aliphatic carbocycles. The average molecular weight is 410 g/mol. The number of rotatable bonds is 5. The molecule has 148 valence electrons. The quantitative estimate of drug-likeness (QED) is 0.485. The number of hydrogen-bond acceptors (Lipinski definition) is 5. The van der Waals surface area contributed by atoms with E-state index in [9.17, 15) is 9.59 Å². The molecule has 3 aromatic rings. The van der Waals surface area contributed by atoms with E-state index in [2.05, 4.69) is 10.3 Å². The fraction of sp³-hybridized carbons (Fsp3) is 0.227. The molecule has 1 N–H and O–H groups in total. The Bertz CT molecular complexity index is 1070. The van der Waals surface area contributed by atoms with E-state index < -0.39 is 0 Å². The molecule has 1 amide bonds. The number of halogens is 1. The summed E-state index contributed by atoms with van der Waals surface area (Å²) >= 11 is 5.96. The number of benzene rings is 2. The predicted molar refractivity (Wildman–Crippen MR) is 113 cm³/mol. The smallest absolute Gasteiger partial charge is 0.253 e. The van der Waals surface area contributed by atoms with Gasteiger partial charge in [-0.2, -0.15) is 0 Å². The molecule has 1 saturated heterocycles. The number of oxazole rings is 1. The lowest BCUT2D eigenvalue weighted by atomic mass is 10.1. The number of carbonyl (C=O) groups is 2. The number of piperidine rings is 1. The van der Waals surface area contributed by atoms with Gasteiger partial charge < -0.3 is 14.6 Å². The van der Waals surface area contributed by atoms with Gasteiger partial charge in [0.25, 0.3) is 5.91 Å². The Morgan fingerprint density at radius 1 is 1.10 bits per heavy atom. The maximum atomic E-state index is 12.5. The number of aldehydes is 1. The van der Waals surface area contributed by atoms with E-state index in [0.717, 1.165) is 31.6 Å². The van der Waals surface area contributed by atoms with Crippen LogP contribution < -0.4 is 5.32 Å². The highest BCUT2D eigenvalue weighted by Crippen LogP contribution is 2.23. The van der Waals surface area contributed by atoms with E-state index in [-0.39, 0.29) is 17.4 Å². The fourth-order valence-corrected chi connectivity index (χ4v) is 3.49. The maximum Gasteiger partial charge on any atom is 0.253 e. The van der Waals surface area contributed by atoms with Crippen LogP contribution in [0.15, 0.2) is 53.1 Å². The van der Waals surface area contributed by atoms with Gasteiger partial charge in [0.05, 0.1) is 5.57 Å². The van der Waals surface area contributed by atoms with Gasteiger partial charge in [0.15, 0.2) is 11.9 Å². The highest BCUT2D eigenvalue weighted by Gasteiger charge is 2.18. The third-order valence-electron chi connectivity index (χ3n) is 4.89. The number of amides is 1. The first-order valence-electron chi connectivity index (χ1n) is 9.52. The van der Waals surface area contributed by atoms with Crippen LogP contribution in [0.2, 0.25) is 5.02 Å². The number of anilines is 1. The molecule has 0 atom stereocenters. The summed E-state index contributed by atoms with van der Waals surface area (Å²) in [5.41, 5.74) is 2.82. The first-order valence-corrected chi connectivity index (χ1v) is 9.89. The molecule has 1 aliphatic rings. The van der Waals surface area contributed by atoms with Gasteiger partial charge in [-0.1, -0.05) is 11.6 Å². The molecule has 0 spiro atoms. The molecular formula is C22H20ClN3O3. The molecule has 0 radical (unpaired) electrons. The summed E-state index contributed by atoms with van der Waals surface area (Å²) in [7, 11) is 0. The van der Waals surface area contributed by atoms with Crippen molar-refractivity contribution in [3.8, 4) is 0 Å². The van der Waals surface area contributed by atoms with Crippen LogP contribution in [0, 0.1) is 0 Å². The molecule has 4 rings (SSSR count). The maximum absolute atomic E-state index is 12.5. The topological polar surface area (TPSA) is 75.4 Å². The Kier molecular flexibility index (Phi) is 5.62. The summed E-state index contributed by atoms with van der Waals surface area (Å²) in [5, 5.41) is 3.60. The van der Waals surface area contributed by atoms with E-state index in [1.807, 2.05) is 17.0 Å². The van der Waals surface area contributed by atoms with Crippen LogP contribution in [0.1, 0.15) is 35.5 Å². The molecule has 0 unspecified atom stereocenters. The largest absolute Gasteiger partial charge is 0.436 e. The number of fused-ring (bicyclic) bond motifs is 1. The van der Waals surface area contributed by atoms with Gasteiger partial charge in [0.1, 0.15) is 5.52 Å². The summed E-state index contributed by atoms with van der Waals surface area (Å²) in [6.45, 7) is 1.64. The van der Waals surface area contributed by atoms with Crippen molar-refractivity contribution in [1.82, 2.24) is 9.88 Å². The second-order valence-electron chi connectivity index (χ2n) is 6.92. The minimum absolute atomic E-state index is 0.0607. The second-order valence-corrected chi connectivity index (χ2v) is 7.36. The molecule has 6 nitrogen and oxygen atoms in total. The first kappa shape index (κ1) is 19.2. The highest BCUT2D eigenvalue weighted by molar-refractivity contribution is 6.31. The van der Waals surface area contributed by atoms with Crippen molar-refractivity contribution in [3.63, 3.8) is 0 Å². The predicted octanol–water partition coefficient (Wildman–Crippen LogP) is 4.76. The third-order valence-corrected chi connectivity index (χ3v) is 5.13. The van der Waals surface area contributed by atoms with Crippen LogP contribution in [0.3, 0.4) is 0 Å². The SMILES string of the molecule is O=CC(=CNc1ccc(C(=O)N2CCCCC2)cc1)c1nc2cc(Cl)ccc2o1. The normalized spacial score (nSPS) is 14.8. The molecule has 7 heteroatoms. The van der Waals surface area contributed by atoms with Crippen LogP contribution in [-0.2, 0) is 4.79 Å². The lowest BCUT2D eigenvalue weighted by Crippen LogP contribution is -2.35. The summed E-state index contributed by atoms with van der Waals surface area (Å²) in [4.78, 5) is 30.2. The number of nitrogens with one attached hydrogen (secondary N) is 1. The summed E-state index contributed by atoms with van der Waals surface area (Å²) < 4.78 is 5.62. The number of likely N-dealkylation sites (tertiary alicyclic amines) is 1. The number of hydrogen-bond donors (Lipinski definition) is 1. The summed E-state index contributed by atoms with van der Waals surface area (Å²) in [5.74, 6) is 0.271. The molecule has 29 heavy (non-hydrogen) atoms. The lowest BCUT2D eigenvalue weighted by molar-refractivity contribution is -0.103. The Morgan fingerprint density at radius 3 is 2.59 bits per heavy atom. The van der Waals surface area contributed by atoms with Gasteiger partial charge >= 0.3 is 0 Å². The molecule has 2 aromatic carbocycles. The Labute approximate surface area is 173 Å². The minimum atomic E-state index is 0.0607. The zero-order valence-electron chi connectivity index (χ0n) is 15.7. The summed E-state index contributed by atoms with van der Waals surface area (Å²) in [6.07, 6.45) is 5.51. The number of carbonyl (C=O) groups excluding carboxylic acids is 2. The molecule has 2 heterocycles. The first-order chi connectivity index (χ1) is 14.1. The van der Waals surface area contributed by atoms with Gasteiger partial charge in [-0.05, 0) is 61.7 Å². The molecule has 1 aromatic heterocycles. The van der Waals surface area contributed by atoms with Crippen LogP contribution in [0.25, 0.3) is 16.7 Å².